The molecule has 1 N–H and O–H groups in total. The van der Waals surface area contributed by atoms with Crippen molar-refractivity contribution >= 4 is 26.9 Å². The summed E-state index contributed by atoms with van der Waals surface area (Å²) in [7, 11) is -4.23. The number of fused-ring (bicyclic) bond motifs is 1. The number of benzene rings is 2. The van der Waals surface area contributed by atoms with Gasteiger partial charge in [0.2, 0.25) is 0 Å². The van der Waals surface area contributed by atoms with Gasteiger partial charge in [-0.05, 0) is 55.3 Å². The van der Waals surface area contributed by atoms with E-state index in [0.29, 0.717) is 22.9 Å². The summed E-state index contributed by atoms with van der Waals surface area (Å²) < 4.78 is 36.6. The van der Waals surface area contributed by atoms with E-state index in [2.05, 4.69) is 0 Å². The van der Waals surface area contributed by atoms with E-state index in [1.54, 1.807) is 24.3 Å². The Balaban J connectivity index is 2.34. The number of esters is 1. The molecule has 0 aliphatic carbocycles. The Morgan fingerprint density at radius 3 is 2.32 bits per heavy atom. The Labute approximate surface area is 129 Å². The van der Waals surface area contributed by atoms with Crippen LogP contribution in [0.4, 0.5) is 0 Å². The second-order valence-corrected chi connectivity index (χ2v) is 7.19. The van der Waals surface area contributed by atoms with Crippen LogP contribution in [-0.4, -0.2) is 18.9 Å². The fourth-order valence-electron chi connectivity index (χ4n) is 1.82. The largest absolute Gasteiger partial charge is 0.426 e. The Hall–Kier alpha value is -1.92. The van der Waals surface area contributed by atoms with E-state index in [0.717, 1.165) is 0 Å². The molecule has 0 saturated carbocycles. The molecule has 0 heterocycles. The van der Waals surface area contributed by atoms with Crippen LogP contribution in [0.3, 0.4) is 0 Å². The Kier molecular flexibility index (Phi) is 4.26. The van der Waals surface area contributed by atoms with Crippen LogP contribution in [0.2, 0.25) is 0 Å². The van der Waals surface area contributed by atoms with Crippen molar-refractivity contribution < 1.29 is 22.5 Å². The molecule has 0 bridgehead atoms. The molecule has 2 aromatic carbocycles. The fraction of sp³-hybridized carbons (Fsp3) is 0.312. The second kappa shape index (κ2) is 5.70. The molecule has 0 saturated heterocycles. The van der Waals surface area contributed by atoms with Crippen LogP contribution in [0.5, 0.6) is 5.75 Å². The van der Waals surface area contributed by atoms with E-state index in [1.807, 2.05) is 20.8 Å². The molecule has 0 aliphatic rings. The molecule has 22 heavy (non-hydrogen) atoms. The molecule has 0 radical (unpaired) electrons. The van der Waals surface area contributed by atoms with Crippen molar-refractivity contribution in [1.82, 2.24) is 0 Å². The van der Waals surface area contributed by atoms with Crippen molar-refractivity contribution in [2.75, 3.05) is 0 Å². The lowest BCUT2D eigenvalue weighted by atomic mass is 9.91. The predicted molar refractivity (Wildman–Crippen MR) is 83.5 cm³/mol. The van der Waals surface area contributed by atoms with Gasteiger partial charge in [0.1, 0.15) is 5.75 Å². The summed E-state index contributed by atoms with van der Waals surface area (Å²) in [5.41, 5.74) is -0.566. The summed E-state index contributed by atoms with van der Waals surface area (Å²) in [6.45, 7) is 5.54. The first kappa shape index (κ1) is 16.5. The molecule has 0 fully saturated rings. The maximum absolute atomic E-state index is 12.1. The van der Waals surface area contributed by atoms with Crippen molar-refractivity contribution in [1.29, 1.82) is 0 Å². The molecule has 2 rings (SSSR count). The van der Waals surface area contributed by atoms with Gasteiger partial charge in [-0.1, -0.05) is 19.1 Å². The third kappa shape index (κ3) is 3.45. The highest BCUT2D eigenvalue weighted by atomic mass is 32.2. The molecule has 5 nitrogen and oxygen atoms in total. The lowest BCUT2D eigenvalue weighted by molar-refractivity contribution is -0.144. The Morgan fingerprint density at radius 2 is 1.73 bits per heavy atom. The molecule has 0 atom stereocenters. The molecule has 0 amide bonds. The Bertz CT molecular complexity index is 822. The third-order valence-corrected chi connectivity index (χ3v) is 4.58. The first-order valence-corrected chi connectivity index (χ1v) is 8.31. The molecular formula is C16H18O5S. The second-order valence-electron chi connectivity index (χ2n) is 5.77. The third-order valence-electron chi connectivity index (χ3n) is 3.73. The normalized spacial score (nSPS) is 12.4. The highest BCUT2D eigenvalue weighted by molar-refractivity contribution is 7.85. The first-order chi connectivity index (χ1) is 10.1. The van der Waals surface area contributed by atoms with Gasteiger partial charge in [-0.3, -0.25) is 9.35 Å². The molecule has 2 aromatic rings. The van der Waals surface area contributed by atoms with Crippen LogP contribution in [0.1, 0.15) is 27.2 Å². The lowest BCUT2D eigenvalue weighted by Crippen LogP contribution is -2.28. The van der Waals surface area contributed by atoms with Gasteiger partial charge in [-0.2, -0.15) is 8.42 Å². The number of rotatable bonds is 4. The van der Waals surface area contributed by atoms with Crippen LogP contribution in [-0.2, 0) is 14.9 Å². The first-order valence-electron chi connectivity index (χ1n) is 6.87. The highest BCUT2D eigenvalue weighted by Crippen LogP contribution is 2.27. The molecule has 118 valence electrons. The number of carbonyl (C=O) groups is 1. The van der Waals surface area contributed by atoms with Crippen LogP contribution in [0.15, 0.2) is 41.3 Å². The molecular weight excluding hydrogens is 304 g/mol. The van der Waals surface area contributed by atoms with E-state index in [1.165, 1.54) is 12.1 Å². The maximum Gasteiger partial charge on any atom is 0.316 e. The summed E-state index contributed by atoms with van der Waals surface area (Å²) >= 11 is 0. The summed E-state index contributed by atoms with van der Waals surface area (Å²) in [6.07, 6.45) is 0.664. The fourth-order valence-corrected chi connectivity index (χ4v) is 2.33. The monoisotopic (exact) mass is 322 g/mol. The predicted octanol–water partition coefficient (Wildman–Crippen LogP) is 3.43. The Morgan fingerprint density at radius 1 is 1.14 bits per heavy atom. The van der Waals surface area contributed by atoms with Crippen LogP contribution in [0, 0.1) is 5.41 Å². The molecule has 6 heteroatoms. The minimum absolute atomic E-state index is 0.170. The van der Waals surface area contributed by atoms with Gasteiger partial charge in [0.25, 0.3) is 10.1 Å². The maximum atomic E-state index is 12.1. The molecule has 0 aromatic heterocycles. The topological polar surface area (TPSA) is 80.7 Å². The van der Waals surface area contributed by atoms with Gasteiger partial charge >= 0.3 is 5.97 Å². The van der Waals surface area contributed by atoms with E-state index in [-0.39, 0.29) is 10.9 Å². The standard InChI is InChI=1S/C16H18O5S/c1-4-16(2,3)15(17)21-13-7-5-12-10-14(22(18,19)20)8-6-11(12)9-13/h5-10H,4H2,1-3H3,(H,18,19,20). The van der Waals surface area contributed by atoms with E-state index < -0.39 is 15.5 Å². The summed E-state index contributed by atoms with van der Waals surface area (Å²) in [4.78, 5) is 11.9. The van der Waals surface area contributed by atoms with Gasteiger partial charge in [-0.25, -0.2) is 0 Å². The minimum Gasteiger partial charge on any atom is -0.426 e. The quantitative estimate of drug-likeness (QED) is 0.530. The van der Waals surface area contributed by atoms with Gasteiger partial charge in [-0.15, -0.1) is 0 Å². The number of ether oxygens (including phenoxy) is 1. The van der Waals surface area contributed by atoms with Crippen molar-refractivity contribution in [3.8, 4) is 5.75 Å². The molecule has 0 aliphatic heterocycles. The van der Waals surface area contributed by atoms with Gasteiger partial charge < -0.3 is 4.74 Å². The van der Waals surface area contributed by atoms with E-state index >= 15 is 0 Å². The number of hydrogen-bond donors (Lipinski definition) is 1. The zero-order valence-electron chi connectivity index (χ0n) is 12.7. The van der Waals surface area contributed by atoms with Crippen LogP contribution in [0.25, 0.3) is 10.8 Å². The lowest BCUT2D eigenvalue weighted by Gasteiger charge is -2.20. The number of carbonyl (C=O) groups excluding carboxylic acids is 1. The SMILES string of the molecule is CCC(C)(C)C(=O)Oc1ccc2cc(S(=O)(=O)O)ccc2c1. The van der Waals surface area contributed by atoms with Crippen LogP contribution < -0.4 is 4.74 Å². The van der Waals surface area contributed by atoms with Crippen molar-refractivity contribution in [3.63, 3.8) is 0 Å². The van der Waals surface area contributed by atoms with Crippen molar-refractivity contribution in [3.05, 3.63) is 36.4 Å². The highest BCUT2D eigenvalue weighted by Gasteiger charge is 2.27. The van der Waals surface area contributed by atoms with E-state index in [9.17, 15) is 13.2 Å². The number of hydrogen-bond acceptors (Lipinski definition) is 4. The van der Waals surface area contributed by atoms with Crippen molar-refractivity contribution in [2.24, 2.45) is 5.41 Å². The van der Waals surface area contributed by atoms with Gasteiger partial charge in [0.15, 0.2) is 0 Å². The summed E-state index contributed by atoms with van der Waals surface area (Å²) in [5.74, 6) is 0.0857. The van der Waals surface area contributed by atoms with Crippen molar-refractivity contribution in [2.45, 2.75) is 32.1 Å². The van der Waals surface area contributed by atoms with Gasteiger partial charge in [0.05, 0.1) is 10.3 Å². The molecule has 0 unspecified atom stereocenters. The summed E-state index contributed by atoms with van der Waals surface area (Å²) in [6, 6.07) is 9.13. The zero-order valence-corrected chi connectivity index (χ0v) is 13.5. The summed E-state index contributed by atoms with van der Waals surface area (Å²) in [5, 5.41) is 1.34. The van der Waals surface area contributed by atoms with Crippen LogP contribution >= 0.6 is 0 Å². The smallest absolute Gasteiger partial charge is 0.316 e. The minimum atomic E-state index is -4.23. The zero-order chi connectivity index (χ0) is 16.5. The average molecular weight is 322 g/mol. The molecule has 0 spiro atoms. The average Bonchev–Trinajstić information content (AvgIpc) is 2.45. The van der Waals surface area contributed by atoms with Gasteiger partial charge in [0, 0.05) is 0 Å². The van der Waals surface area contributed by atoms with E-state index in [4.69, 9.17) is 9.29 Å².